The number of aromatic nitrogens is 1. The second-order valence-electron chi connectivity index (χ2n) is 20.1. The van der Waals surface area contributed by atoms with Crippen molar-refractivity contribution in [3.63, 3.8) is 0 Å². The molecule has 6 rings (SSSR count). The Labute approximate surface area is 407 Å². The molecule has 0 saturated heterocycles. The molecule has 0 saturated carbocycles. The number of para-hydroxylation sites is 1. The topological polar surface area (TPSA) is 252 Å². The van der Waals surface area contributed by atoms with Crippen LogP contribution in [0.2, 0.25) is 0 Å². The Bertz CT molecular complexity index is 2650. The van der Waals surface area contributed by atoms with Crippen molar-refractivity contribution in [2.45, 2.75) is 131 Å². The Morgan fingerprint density at radius 3 is 2.09 bits per heavy atom. The minimum Gasteiger partial charge on any atom is -0.438 e. The summed E-state index contributed by atoms with van der Waals surface area (Å²) in [5, 5.41) is 6.25. The van der Waals surface area contributed by atoms with Crippen molar-refractivity contribution in [3.05, 3.63) is 100 Å². The van der Waals surface area contributed by atoms with Crippen LogP contribution >= 0.6 is 7.60 Å². The van der Waals surface area contributed by atoms with Gasteiger partial charge in [0.05, 0.1) is 35.3 Å². The van der Waals surface area contributed by atoms with E-state index in [1.807, 2.05) is 49.4 Å². The first-order valence-electron chi connectivity index (χ1n) is 23.3. The molecule has 4 aromatic rings. The predicted octanol–water partition coefficient (Wildman–Crippen LogP) is 7.11. The van der Waals surface area contributed by atoms with Gasteiger partial charge in [-0.25, -0.2) is 0 Å². The summed E-state index contributed by atoms with van der Waals surface area (Å²) < 4.78 is 41.0. The number of fused-ring (bicyclic) bond motifs is 1. The molecule has 0 radical (unpaired) electrons. The maximum atomic E-state index is 14.6. The number of nitrogens with zero attached hydrogens (tertiary/aromatic N) is 1. The van der Waals surface area contributed by atoms with Crippen LogP contribution in [-0.2, 0) is 71.2 Å². The molecule has 2 aliphatic rings. The molecule has 4 amide bonds. The Balaban J connectivity index is 1.17. The van der Waals surface area contributed by atoms with Crippen LogP contribution in [0.25, 0.3) is 10.9 Å². The van der Waals surface area contributed by atoms with Crippen molar-refractivity contribution in [1.82, 2.24) is 15.6 Å². The van der Waals surface area contributed by atoms with Crippen molar-refractivity contribution in [1.29, 1.82) is 0 Å². The van der Waals surface area contributed by atoms with Gasteiger partial charge in [-0.3, -0.25) is 52.1 Å². The molecule has 4 atom stereocenters. The average molecular weight is 986 g/mol. The molecule has 0 fully saturated rings. The van der Waals surface area contributed by atoms with Crippen LogP contribution in [0.5, 0.6) is 0 Å². The third-order valence-electron chi connectivity index (χ3n) is 12.2. The smallest absolute Gasteiger partial charge is 0.407 e. The first-order chi connectivity index (χ1) is 32.9. The molecule has 5 N–H and O–H groups in total. The lowest BCUT2D eigenvalue weighted by Crippen LogP contribution is -2.56. The number of hydrogen-bond acceptors (Lipinski definition) is 13. The van der Waals surface area contributed by atoms with E-state index >= 15 is 0 Å². The minimum atomic E-state index is -4.84. The van der Waals surface area contributed by atoms with E-state index in [4.69, 9.17) is 29.0 Å². The van der Waals surface area contributed by atoms with Crippen LogP contribution in [0.1, 0.15) is 131 Å². The van der Waals surface area contributed by atoms with Crippen LogP contribution in [-0.4, -0.2) is 83.9 Å². The molecule has 0 spiro atoms. The largest absolute Gasteiger partial charge is 0.438 e. The van der Waals surface area contributed by atoms with E-state index in [2.05, 4.69) is 29.5 Å². The number of nitrogens with one attached hydrogen (secondary N) is 3. The molecule has 18 nitrogen and oxygen atoms in total. The van der Waals surface area contributed by atoms with Crippen molar-refractivity contribution >= 4 is 65.3 Å². The van der Waals surface area contributed by atoms with E-state index in [1.165, 1.54) is 34.7 Å². The number of aromatic amines is 1. The molecule has 3 aromatic carbocycles. The van der Waals surface area contributed by atoms with Gasteiger partial charge in [0.1, 0.15) is 17.8 Å². The normalized spacial score (nSPS) is 16.8. The van der Waals surface area contributed by atoms with Gasteiger partial charge in [-0.2, -0.15) is 0 Å². The molecule has 0 bridgehead atoms. The zero-order chi connectivity index (χ0) is 51.3. The number of esters is 2. The molecule has 0 aliphatic carbocycles. The third-order valence-corrected chi connectivity index (χ3v) is 13.8. The zero-order valence-electron chi connectivity index (χ0n) is 41.2. The summed E-state index contributed by atoms with van der Waals surface area (Å²) >= 11 is 0. The number of carbonyl (C=O) groups excluding carboxylic acids is 7. The van der Waals surface area contributed by atoms with Gasteiger partial charge < -0.3 is 35.6 Å². The summed E-state index contributed by atoms with van der Waals surface area (Å²) in [6.45, 7) is 14.1. The summed E-state index contributed by atoms with van der Waals surface area (Å²) in [7, 11) is -4.84. The zero-order valence-corrected chi connectivity index (χ0v) is 42.1. The number of hydrogen-bond donors (Lipinski definition) is 4. The lowest BCUT2D eigenvalue weighted by Gasteiger charge is -2.31. The second kappa shape index (κ2) is 21.8. The van der Waals surface area contributed by atoms with E-state index in [-0.39, 0.29) is 43.5 Å². The Morgan fingerprint density at radius 1 is 0.857 bits per heavy atom. The number of primary amides is 1. The fourth-order valence-electron chi connectivity index (χ4n) is 7.99. The van der Waals surface area contributed by atoms with Gasteiger partial charge in [-0.05, 0) is 120 Å². The highest BCUT2D eigenvalue weighted by Gasteiger charge is 2.45. The van der Waals surface area contributed by atoms with Crippen molar-refractivity contribution in [3.8, 4) is 0 Å². The summed E-state index contributed by atoms with van der Waals surface area (Å²) in [6.07, 6.45) is 0.526. The quantitative estimate of drug-likeness (QED) is 0.0392. The molecule has 2 aliphatic heterocycles. The molecule has 0 unspecified atom stereocenters. The number of benzene rings is 3. The molecule has 3 heterocycles. The summed E-state index contributed by atoms with van der Waals surface area (Å²) in [6, 6.07) is 16.7. The summed E-state index contributed by atoms with van der Waals surface area (Å²) in [5.41, 5.74) is 7.21. The minimum absolute atomic E-state index is 0.00453. The first kappa shape index (κ1) is 53.2. The first-order valence-corrected chi connectivity index (χ1v) is 24.9. The predicted molar refractivity (Wildman–Crippen MR) is 259 cm³/mol. The molecular weight excluding hydrogens is 922 g/mol. The highest BCUT2D eigenvalue weighted by Crippen LogP contribution is 2.51. The number of nitrogens with two attached hydrogens (primary N) is 1. The fourth-order valence-corrected chi connectivity index (χ4v) is 9.13. The van der Waals surface area contributed by atoms with Crippen LogP contribution in [0.15, 0.2) is 66.7 Å². The van der Waals surface area contributed by atoms with Gasteiger partial charge in [-0.1, -0.05) is 56.3 Å². The highest BCUT2D eigenvalue weighted by atomic mass is 31.2. The van der Waals surface area contributed by atoms with Gasteiger partial charge in [0.15, 0.2) is 0 Å². The Kier molecular flexibility index (Phi) is 16.6. The van der Waals surface area contributed by atoms with Gasteiger partial charge in [-0.15, -0.1) is 0 Å². The van der Waals surface area contributed by atoms with Crippen LogP contribution in [0, 0.1) is 10.8 Å². The van der Waals surface area contributed by atoms with E-state index in [0.29, 0.717) is 28.9 Å². The number of carbonyl (C=O) groups is 7. The lowest BCUT2D eigenvalue weighted by atomic mass is 9.98. The number of ether oxygens (including phenoxy) is 3. The molecule has 376 valence electrons. The average Bonchev–Trinajstić information content (AvgIpc) is 3.89. The van der Waals surface area contributed by atoms with Gasteiger partial charge in [0.2, 0.25) is 31.3 Å². The number of amides is 4. The van der Waals surface area contributed by atoms with E-state index in [1.54, 1.807) is 41.5 Å². The Hall–Kier alpha value is -6.20. The van der Waals surface area contributed by atoms with Crippen LogP contribution < -0.4 is 21.3 Å². The monoisotopic (exact) mass is 985 g/mol. The van der Waals surface area contributed by atoms with Gasteiger partial charge in [0.25, 0.3) is 11.4 Å². The third kappa shape index (κ3) is 12.8. The molecule has 1 aromatic heterocycles. The highest BCUT2D eigenvalue weighted by molar-refractivity contribution is 7.72. The Morgan fingerprint density at radius 2 is 1.49 bits per heavy atom. The fraction of sp³-hybridized carbons (Fsp3) is 0.471. The van der Waals surface area contributed by atoms with E-state index in [9.17, 15) is 38.1 Å². The number of anilines is 1. The number of aryl methyl sites for hydroxylation is 1. The van der Waals surface area contributed by atoms with Gasteiger partial charge >= 0.3 is 19.5 Å². The van der Waals surface area contributed by atoms with Crippen LogP contribution in [0.3, 0.4) is 0 Å². The van der Waals surface area contributed by atoms with Gasteiger partial charge in [0, 0.05) is 29.3 Å². The van der Waals surface area contributed by atoms with Crippen molar-refractivity contribution < 1.29 is 61.4 Å². The molecule has 19 heteroatoms. The summed E-state index contributed by atoms with van der Waals surface area (Å²) in [5.74, 6) is -3.15. The number of H-pyrrole nitrogens is 1. The summed E-state index contributed by atoms with van der Waals surface area (Å²) in [4.78, 5) is 98.0. The van der Waals surface area contributed by atoms with E-state index < -0.39 is 97.3 Å². The second-order valence-corrected chi connectivity index (χ2v) is 22.0. The SMILES string of the molecule is CC(C)c1ccc(CO[C@H](C)[C@H](CCC(N)=O)NC(=O)[C@@H]2Cc3cccc4c3N2C(=O)[C@@H](NC(=O)c2cc3cc(C(=O)P(=O)(OCOC(=O)C(C)(C)C)OCOC(=O)C(C)(C)C)ccc3[nH]2)CC4)cc1. The van der Waals surface area contributed by atoms with Crippen molar-refractivity contribution in [2.24, 2.45) is 16.6 Å². The van der Waals surface area contributed by atoms with Crippen molar-refractivity contribution in [2.75, 3.05) is 18.5 Å². The molecule has 70 heavy (non-hydrogen) atoms. The van der Waals surface area contributed by atoms with E-state index in [0.717, 1.165) is 16.7 Å². The maximum Gasteiger partial charge on any atom is 0.407 e. The maximum absolute atomic E-state index is 14.6. The van der Waals surface area contributed by atoms with Crippen LogP contribution in [0.4, 0.5) is 5.69 Å². The standard InChI is InChI=1S/C51H64N5O13P/c1-29(2)32-15-13-31(14-16-32)26-65-30(3)37(21-22-42(52)57)54-45(59)41-25-34-12-10-11-33-17-20-39(46(60)56(41)43(33)34)55-44(58)40-24-36-23-35(18-19-38(36)53-40)47(61)70(64,68-27-66-48(62)50(4,5)6)69-28-67-49(63)51(7,8)9/h10-16,18-19,23-24,29-30,37,39,41,53H,17,20-22,25-28H2,1-9H3,(H2,52,57)(H,54,59)(H,55,58)/t30-,37+,39+,41+/m1/s1. The number of rotatable bonds is 20. The lowest BCUT2D eigenvalue weighted by molar-refractivity contribution is -0.162. The molecular formula is C51H64N5O13P.